The molecule has 0 saturated heterocycles. The number of carboxylic acids is 1. The Kier molecular flexibility index (Phi) is 7.65. The van der Waals surface area contributed by atoms with E-state index in [1.807, 2.05) is 0 Å². The number of hydrogen-bond donors (Lipinski definition) is 2. The molecule has 2 N–H and O–H groups in total. The average Bonchev–Trinajstić information content (AvgIpc) is 2.87. The molecule has 0 bridgehead atoms. The van der Waals surface area contributed by atoms with Gasteiger partial charge in [-0.25, -0.2) is 0 Å². The molecule has 5 nitrogen and oxygen atoms in total. The zero-order valence-electron chi connectivity index (χ0n) is 27.3. The molecule has 9 atom stereocenters. The van der Waals surface area contributed by atoms with E-state index in [0.717, 1.165) is 70.6 Å². The van der Waals surface area contributed by atoms with Crippen LogP contribution < -0.4 is 0 Å². The van der Waals surface area contributed by atoms with Gasteiger partial charge in [0.1, 0.15) is 6.10 Å². The summed E-state index contributed by atoms with van der Waals surface area (Å²) in [6.07, 6.45) is 12.9. The molecule has 0 unspecified atom stereocenters. The SMILES string of the molecule is CCCCCC(=O)O[C@@H]1C[C@]2(C)[C@H]3CC=C4[C@@H]5CC(C)(C)CC[C@]5(C(=O)O)CC[C@@]4(C)[C@]3(C)CC[C@H]2C(C)(C)[C@H]1O. The molecule has 5 aliphatic rings. The normalized spacial score (nSPS) is 46.2. The summed E-state index contributed by atoms with van der Waals surface area (Å²) in [5, 5.41) is 22.2. The molecule has 0 spiro atoms. The number of aliphatic hydroxyl groups excluding tert-OH is 1. The molecule has 0 aliphatic heterocycles. The van der Waals surface area contributed by atoms with Gasteiger partial charge in [0.2, 0.25) is 0 Å². The van der Waals surface area contributed by atoms with E-state index in [0.29, 0.717) is 24.7 Å². The van der Waals surface area contributed by atoms with E-state index in [9.17, 15) is 19.8 Å². The van der Waals surface area contributed by atoms with Crippen LogP contribution in [0, 0.1) is 50.2 Å². The van der Waals surface area contributed by atoms with E-state index in [1.54, 1.807) is 0 Å². The summed E-state index contributed by atoms with van der Waals surface area (Å²) in [5.74, 6) is 0.0770. The van der Waals surface area contributed by atoms with Crippen LogP contribution in [-0.4, -0.2) is 34.4 Å². The van der Waals surface area contributed by atoms with Crippen LogP contribution in [0.2, 0.25) is 0 Å². The van der Waals surface area contributed by atoms with Gasteiger partial charge in [0.15, 0.2) is 0 Å². The first-order valence-electron chi connectivity index (χ1n) is 16.8. The summed E-state index contributed by atoms with van der Waals surface area (Å²) >= 11 is 0. The van der Waals surface area contributed by atoms with Gasteiger partial charge in [0.25, 0.3) is 0 Å². The number of carbonyl (C=O) groups excluding carboxylic acids is 1. The van der Waals surface area contributed by atoms with Crippen LogP contribution in [0.1, 0.15) is 139 Å². The van der Waals surface area contributed by atoms with Crippen molar-refractivity contribution in [2.24, 2.45) is 50.2 Å². The fourth-order valence-corrected chi connectivity index (χ4v) is 11.6. The maximum atomic E-state index is 12.9. The van der Waals surface area contributed by atoms with E-state index in [-0.39, 0.29) is 39.0 Å². The third-order valence-electron chi connectivity index (χ3n) is 14.2. The van der Waals surface area contributed by atoms with Crippen LogP contribution in [-0.2, 0) is 14.3 Å². The summed E-state index contributed by atoms with van der Waals surface area (Å²) in [6.45, 7) is 18.6. The summed E-state index contributed by atoms with van der Waals surface area (Å²) in [5.41, 5.74) is 0.514. The van der Waals surface area contributed by atoms with Crippen LogP contribution in [0.15, 0.2) is 11.6 Å². The highest BCUT2D eigenvalue weighted by Crippen LogP contribution is 2.75. The van der Waals surface area contributed by atoms with Gasteiger partial charge in [0.05, 0.1) is 11.5 Å². The Morgan fingerprint density at radius 2 is 1.61 bits per heavy atom. The maximum absolute atomic E-state index is 12.9. The molecule has 0 radical (unpaired) electrons. The number of rotatable bonds is 6. The number of unbranched alkanes of at least 4 members (excludes halogenated alkanes) is 2. The number of ether oxygens (including phenoxy) is 1. The lowest BCUT2D eigenvalue weighted by Gasteiger charge is -2.71. The van der Waals surface area contributed by atoms with Gasteiger partial charge in [-0.3, -0.25) is 9.59 Å². The summed E-state index contributed by atoms with van der Waals surface area (Å²) < 4.78 is 6.11. The number of hydrogen-bond acceptors (Lipinski definition) is 4. The van der Waals surface area contributed by atoms with Crippen molar-refractivity contribution in [1.82, 2.24) is 0 Å². The number of fused-ring (bicyclic) bond motifs is 7. The molecule has 5 aliphatic carbocycles. The first-order chi connectivity index (χ1) is 19.0. The minimum absolute atomic E-state index is 0.0304. The number of aliphatic carboxylic acids is 1. The quantitative estimate of drug-likeness (QED) is 0.190. The van der Waals surface area contributed by atoms with Gasteiger partial charge in [-0.1, -0.05) is 79.9 Å². The Morgan fingerprint density at radius 1 is 0.927 bits per heavy atom. The van der Waals surface area contributed by atoms with Crippen LogP contribution >= 0.6 is 0 Å². The molecule has 0 aromatic heterocycles. The Morgan fingerprint density at radius 3 is 2.27 bits per heavy atom. The highest BCUT2D eigenvalue weighted by molar-refractivity contribution is 5.76. The van der Waals surface area contributed by atoms with Gasteiger partial charge in [-0.2, -0.15) is 0 Å². The van der Waals surface area contributed by atoms with E-state index in [2.05, 4.69) is 61.5 Å². The predicted octanol–water partition coefficient (Wildman–Crippen LogP) is 8.34. The van der Waals surface area contributed by atoms with Crippen molar-refractivity contribution in [2.75, 3.05) is 0 Å². The molecule has 5 rings (SSSR count). The number of aliphatic hydroxyl groups is 1. The van der Waals surface area contributed by atoms with Gasteiger partial charge in [0, 0.05) is 6.42 Å². The third kappa shape index (κ3) is 4.48. The first kappa shape index (κ1) is 31.1. The molecule has 0 heterocycles. The Labute approximate surface area is 249 Å². The standard InChI is InChI=1S/C36H58O5/c1-9-10-11-12-28(37)41-25-22-33(6)26(32(4,5)29(25)38)15-16-35(8)27(33)14-13-23-24-21-31(2,3)17-19-36(24,30(39)40)20-18-34(23,35)7/h13,24-27,29,38H,9-12,14-22H2,1-8H3,(H,39,40)/t24-,25+,26-,27+,29-,33-,34+,35+,36-/m0/s1. The molecule has 5 heteroatoms. The molecule has 41 heavy (non-hydrogen) atoms. The predicted molar refractivity (Wildman–Crippen MR) is 162 cm³/mol. The van der Waals surface area contributed by atoms with Crippen molar-refractivity contribution in [3.8, 4) is 0 Å². The summed E-state index contributed by atoms with van der Waals surface area (Å²) in [7, 11) is 0. The zero-order valence-corrected chi connectivity index (χ0v) is 27.3. The first-order valence-corrected chi connectivity index (χ1v) is 16.8. The topological polar surface area (TPSA) is 83.8 Å². The van der Waals surface area contributed by atoms with Crippen LogP contribution in [0.3, 0.4) is 0 Å². The highest BCUT2D eigenvalue weighted by atomic mass is 16.6. The number of carboxylic acid groups (broad SMARTS) is 1. The van der Waals surface area contributed by atoms with Gasteiger partial charge >= 0.3 is 11.9 Å². The lowest BCUT2D eigenvalue weighted by Crippen LogP contribution is -2.67. The second-order valence-corrected chi connectivity index (χ2v) is 17.1. The zero-order chi connectivity index (χ0) is 30.2. The summed E-state index contributed by atoms with van der Waals surface area (Å²) in [6, 6.07) is 0. The van der Waals surface area contributed by atoms with Crippen molar-refractivity contribution < 1.29 is 24.5 Å². The molecule has 232 valence electrons. The Hall–Kier alpha value is -1.36. The lowest BCUT2D eigenvalue weighted by atomic mass is 9.33. The van der Waals surface area contributed by atoms with Gasteiger partial charge in [-0.15, -0.1) is 0 Å². The summed E-state index contributed by atoms with van der Waals surface area (Å²) in [4.78, 5) is 25.8. The second kappa shape index (κ2) is 10.1. The highest BCUT2D eigenvalue weighted by Gasteiger charge is 2.70. The van der Waals surface area contributed by atoms with Crippen molar-refractivity contribution in [2.45, 2.75) is 151 Å². The molecule has 0 amide bonds. The van der Waals surface area contributed by atoms with Crippen LogP contribution in [0.25, 0.3) is 0 Å². The van der Waals surface area contributed by atoms with E-state index in [1.165, 1.54) is 5.57 Å². The Balaban J connectivity index is 1.51. The van der Waals surface area contributed by atoms with Crippen LogP contribution in [0.4, 0.5) is 0 Å². The fourth-order valence-electron chi connectivity index (χ4n) is 11.6. The molecule has 4 saturated carbocycles. The number of allylic oxidation sites excluding steroid dienone is 2. The second-order valence-electron chi connectivity index (χ2n) is 17.1. The van der Waals surface area contributed by atoms with Gasteiger partial charge < -0.3 is 14.9 Å². The van der Waals surface area contributed by atoms with E-state index < -0.39 is 23.6 Å². The van der Waals surface area contributed by atoms with Crippen molar-refractivity contribution in [3.05, 3.63) is 11.6 Å². The smallest absolute Gasteiger partial charge is 0.310 e. The maximum Gasteiger partial charge on any atom is 0.310 e. The monoisotopic (exact) mass is 570 g/mol. The fraction of sp³-hybridized carbons (Fsp3) is 0.889. The lowest BCUT2D eigenvalue weighted by molar-refractivity contribution is -0.238. The van der Waals surface area contributed by atoms with Crippen molar-refractivity contribution >= 4 is 11.9 Å². The van der Waals surface area contributed by atoms with Crippen LogP contribution in [0.5, 0.6) is 0 Å². The minimum atomic E-state index is -0.666. The van der Waals surface area contributed by atoms with E-state index >= 15 is 0 Å². The van der Waals surface area contributed by atoms with Crippen molar-refractivity contribution in [3.63, 3.8) is 0 Å². The third-order valence-corrected chi connectivity index (χ3v) is 14.2. The molecular formula is C36H58O5. The largest absolute Gasteiger partial charge is 0.481 e. The molecule has 4 fully saturated rings. The average molecular weight is 571 g/mol. The number of carbonyl (C=O) groups is 2. The number of esters is 1. The molecular weight excluding hydrogens is 512 g/mol. The molecule has 0 aromatic carbocycles. The molecule has 0 aromatic rings. The van der Waals surface area contributed by atoms with Crippen molar-refractivity contribution in [1.29, 1.82) is 0 Å². The minimum Gasteiger partial charge on any atom is -0.481 e. The van der Waals surface area contributed by atoms with Gasteiger partial charge in [-0.05, 0) is 109 Å². The Bertz CT molecular complexity index is 1090. The van der Waals surface area contributed by atoms with E-state index in [4.69, 9.17) is 4.74 Å².